The summed E-state index contributed by atoms with van der Waals surface area (Å²) in [5.74, 6) is 0.666. The molecule has 1 saturated heterocycles. The Bertz CT molecular complexity index is 657. The van der Waals surface area contributed by atoms with Crippen LogP contribution in [0.15, 0.2) is 23.1 Å². The van der Waals surface area contributed by atoms with Gasteiger partial charge in [-0.1, -0.05) is 13.8 Å². The molecule has 116 valence electrons. The molecular weight excluding hydrogens is 294 g/mol. The van der Waals surface area contributed by atoms with Gasteiger partial charge in [0.2, 0.25) is 10.0 Å². The number of nitro groups is 1. The van der Waals surface area contributed by atoms with Gasteiger partial charge in [0, 0.05) is 24.8 Å². The molecule has 7 nitrogen and oxygen atoms in total. The minimum Gasteiger partial charge on any atom is -0.399 e. The Kier molecular flexibility index (Phi) is 4.20. The van der Waals surface area contributed by atoms with Crippen molar-refractivity contribution in [2.45, 2.75) is 25.2 Å². The second-order valence-electron chi connectivity index (χ2n) is 5.64. The van der Waals surface area contributed by atoms with Crippen molar-refractivity contribution in [1.29, 1.82) is 0 Å². The molecular formula is C13H19N3O4S. The largest absolute Gasteiger partial charge is 0.399 e. The lowest BCUT2D eigenvalue weighted by atomic mass is 9.96. The first kappa shape index (κ1) is 15.7. The first-order valence-corrected chi connectivity index (χ1v) is 8.21. The number of hydrogen-bond donors (Lipinski definition) is 1. The summed E-state index contributed by atoms with van der Waals surface area (Å²) in [6, 6.07) is 3.67. The van der Waals surface area contributed by atoms with Gasteiger partial charge < -0.3 is 5.73 Å². The van der Waals surface area contributed by atoms with E-state index in [-0.39, 0.29) is 16.5 Å². The van der Waals surface area contributed by atoms with Crippen LogP contribution in [0.25, 0.3) is 0 Å². The van der Waals surface area contributed by atoms with E-state index in [1.807, 2.05) is 13.8 Å². The standard InChI is InChI=1S/C13H19N3O4S/c1-9(2)10-5-6-15(8-10)21(19,20)13-4-3-11(14)7-12(13)16(17)18/h3-4,7,9-10H,5-6,8,14H2,1-2H3. The molecule has 0 saturated carbocycles. The van der Waals surface area contributed by atoms with Gasteiger partial charge in [-0.3, -0.25) is 10.1 Å². The zero-order valence-corrected chi connectivity index (χ0v) is 12.8. The quantitative estimate of drug-likeness (QED) is 0.518. The highest BCUT2D eigenvalue weighted by atomic mass is 32.2. The molecule has 0 spiro atoms. The van der Waals surface area contributed by atoms with Crippen molar-refractivity contribution in [3.05, 3.63) is 28.3 Å². The van der Waals surface area contributed by atoms with Crippen LogP contribution in [0.5, 0.6) is 0 Å². The van der Waals surface area contributed by atoms with Crippen molar-refractivity contribution in [2.75, 3.05) is 18.8 Å². The highest BCUT2D eigenvalue weighted by molar-refractivity contribution is 7.89. The molecule has 2 N–H and O–H groups in total. The van der Waals surface area contributed by atoms with Gasteiger partial charge in [-0.05, 0) is 30.4 Å². The van der Waals surface area contributed by atoms with Crippen molar-refractivity contribution < 1.29 is 13.3 Å². The van der Waals surface area contributed by atoms with Crippen LogP contribution in [-0.4, -0.2) is 30.7 Å². The molecule has 0 radical (unpaired) electrons. The zero-order valence-electron chi connectivity index (χ0n) is 12.0. The number of nitrogen functional groups attached to an aromatic ring is 1. The second-order valence-corrected chi connectivity index (χ2v) is 7.55. The number of nitrogens with zero attached hydrogens (tertiary/aromatic N) is 2. The summed E-state index contributed by atoms with van der Waals surface area (Å²) in [4.78, 5) is 10.1. The summed E-state index contributed by atoms with van der Waals surface area (Å²) in [6.07, 6.45) is 0.777. The summed E-state index contributed by atoms with van der Waals surface area (Å²) in [7, 11) is -3.86. The molecule has 2 rings (SSSR count). The molecule has 1 aliphatic heterocycles. The summed E-state index contributed by atoms with van der Waals surface area (Å²) in [5, 5.41) is 11.1. The average molecular weight is 313 g/mol. The van der Waals surface area contributed by atoms with Crippen molar-refractivity contribution in [3.8, 4) is 0 Å². The van der Waals surface area contributed by atoms with Gasteiger partial charge in [-0.2, -0.15) is 4.31 Å². The summed E-state index contributed by atoms with van der Waals surface area (Å²) < 4.78 is 26.6. The van der Waals surface area contributed by atoms with Gasteiger partial charge in [0.25, 0.3) is 5.69 Å². The summed E-state index contributed by atoms with van der Waals surface area (Å²) >= 11 is 0. The first-order chi connectivity index (χ1) is 9.73. The third-order valence-electron chi connectivity index (χ3n) is 3.93. The lowest BCUT2D eigenvalue weighted by Gasteiger charge is -2.18. The Balaban J connectivity index is 2.39. The topological polar surface area (TPSA) is 107 Å². The number of rotatable bonds is 4. The number of hydrogen-bond acceptors (Lipinski definition) is 5. The number of benzene rings is 1. The molecule has 1 aromatic rings. The molecule has 1 aromatic carbocycles. The molecule has 21 heavy (non-hydrogen) atoms. The van der Waals surface area contributed by atoms with E-state index in [0.717, 1.165) is 12.5 Å². The Morgan fingerprint density at radius 3 is 2.62 bits per heavy atom. The van der Waals surface area contributed by atoms with Crippen LogP contribution in [0, 0.1) is 22.0 Å². The predicted octanol–water partition coefficient (Wildman–Crippen LogP) is 1.84. The summed E-state index contributed by atoms with van der Waals surface area (Å²) in [5.41, 5.74) is 5.21. The van der Waals surface area contributed by atoms with Crippen LogP contribution in [0.4, 0.5) is 11.4 Å². The lowest BCUT2D eigenvalue weighted by Crippen LogP contribution is -2.30. The van der Waals surface area contributed by atoms with Crippen molar-refractivity contribution in [1.82, 2.24) is 4.31 Å². The van der Waals surface area contributed by atoms with Crippen molar-refractivity contribution >= 4 is 21.4 Å². The number of sulfonamides is 1. The maximum atomic E-state index is 12.6. The third-order valence-corrected chi connectivity index (χ3v) is 5.84. The molecule has 1 fully saturated rings. The summed E-state index contributed by atoms with van der Waals surface area (Å²) in [6.45, 7) is 4.90. The molecule has 0 aromatic heterocycles. The maximum Gasteiger partial charge on any atom is 0.291 e. The van der Waals surface area contributed by atoms with E-state index in [0.29, 0.717) is 19.0 Å². The first-order valence-electron chi connectivity index (χ1n) is 6.77. The van der Waals surface area contributed by atoms with Gasteiger partial charge in [-0.15, -0.1) is 0 Å². The van der Waals surface area contributed by atoms with E-state index in [2.05, 4.69) is 0 Å². The number of nitrogens with two attached hydrogens (primary N) is 1. The van der Waals surface area contributed by atoms with E-state index < -0.39 is 20.6 Å². The van der Waals surface area contributed by atoms with Gasteiger partial charge in [0.15, 0.2) is 4.90 Å². The van der Waals surface area contributed by atoms with Gasteiger partial charge in [0.1, 0.15) is 0 Å². The fourth-order valence-corrected chi connectivity index (χ4v) is 4.20. The highest BCUT2D eigenvalue weighted by Gasteiger charge is 2.37. The second kappa shape index (κ2) is 5.61. The number of nitro benzene ring substituents is 1. The lowest BCUT2D eigenvalue weighted by molar-refractivity contribution is -0.387. The minimum absolute atomic E-state index is 0.169. The van der Waals surface area contributed by atoms with Gasteiger partial charge >= 0.3 is 0 Å². The number of anilines is 1. The molecule has 1 heterocycles. The van der Waals surface area contributed by atoms with Gasteiger partial charge in [-0.25, -0.2) is 8.42 Å². The Hall–Kier alpha value is -1.67. The van der Waals surface area contributed by atoms with Crippen molar-refractivity contribution in [2.24, 2.45) is 11.8 Å². The van der Waals surface area contributed by atoms with Crippen LogP contribution in [0.2, 0.25) is 0 Å². The van der Waals surface area contributed by atoms with Crippen LogP contribution in [0.3, 0.4) is 0 Å². The smallest absolute Gasteiger partial charge is 0.291 e. The van der Waals surface area contributed by atoms with Crippen molar-refractivity contribution in [3.63, 3.8) is 0 Å². The van der Waals surface area contributed by atoms with E-state index in [4.69, 9.17) is 5.73 Å². The highest BCUT2D eigenvalue weighted by Crippen LogP contribution is 2.33. The van der Waals surface area contributed by atoms with Crippen LogP contribution in [-0.2, 0) is 10.0 Å². The predicted molar refractivity (Wildman–Crippen MR) is 79.2 cm³/mol. The van der Waals surface area contributed by atoms with Crippen LogP contribution in [0.1, 0.15) is 20.3 Å². The Labute approximate surface area is 123 Å². The molecule has 0 bridgehead atoms. The molecule has 0 amide bonds. The van der Waals surface area contributed by atoms with E-state index in [1.165, 1.54) is 16.4 Å². The van der Waals surface area contributed by atoms with Crippen LogP contribution >= 0.6 is 0 Å². The minimum atomic E-state index is -3.86. The van der Waals surface area contributed by atoms with E-state index in [9.17, 15) is 18.5 Å². The fraction of sp³-hybridized carbons (Fsp3) is 0.538. The van der Waals surface area contributed by atoms with Crippen LogP contribution < -0.4 is 5.73 Å². The Morgan fingerprint density at radius 2 is 2.10 bits per heavy atom. The SMILES string of the molecule is CC(C)C1CCN(S(=O)(=O)c2ccc(N)cc2[N+](=O)[O-])C1. The van der Waals surface area contributed by atoms with E-state index >= 15 is 0 Å². The zero-order chi connectivity index (χ0) is 15.8. The monoisotopic (exact) mass is 313 g/mol. The molecule has 0 aliphatic carbocycles. The van der Waals surface area contributed by atoms with Gasteiger partial charge in [0.05, 0.1) is 4.92 Å². The fourth-order valence-electron chi connectivity index (χ4n) is 2.55. The Morgan fingerprint density at radius 1 is 1.43 bits per heavy atom. The third kappa shape index (κ3) is 3.01. The molecule has 1 aliphatic rings. The average Bonchev–Trinajstić information content (AvgIpc) is 2.88. The normalized spacial score (nSPS) is 20.0. The molecule has 1 unspecified atom stereocenters. The van der Waals surface area contributed by atoms with E-state index in [1.54, 1.807) is 0 Å². The maximum absolute atomic E-state index is 12.6. The molecule has 8 heteroatoms. The molecule has 1 atom stereocenters.